The van der Waals surface area contributed by atoms with Crippen molar-refractivity contribution in [3.05, 3.63) is 23.8 Å². The molecule has 0 heterocycles. The highest BCUT2D eigenvalue weighted by atomic mass is 32.2. The van der Waals surface area contributed by atoms with Crippen molar-refractivity contribution in [2.24, 2.45) is 0 Å². The number of benzene rings is 1. The fourth-order valence-corrected chi connectivity index (χ4v) is 3.40. The number of nitrogens with zero attached hydrogens (tertiary/aromatic N) is 1. The van der Waals surface area contributed by atoms with Gasteiger partial charge in [0.25, 0.3) is 0 Å². The number of carboxylic acids is 1. The van der Waals surface area contributed by atoms with E-state index in [1.165, 1.54) is 36.7 Å². The lowest BCUT2D eigenvalue weighted by atomic mass is 10.2. The van der Waals surface area contributed by atoms with Crippen molar-refractivity contribution in [1.29, 1.82) is 0 Å². The molecule has 8 heteroatoms. The molecule has 20 heavy (non-hydrogen) atoms. The normalized spacial score (nSPS) is 11.6. The first-order valence-corrected chi connectivity index (χ1v) is 8.54. The van der Waals surface area contributed by atoms with E-state index in [2.05, 4.69) is 0 Å². The summed E-state index contributed by atoms with van der Waals surface area (Å²) in [6.45, 7) is 0.368. The molecule has 0 fully saturated rings. The van der Waals surface area contributed by atoms with Gasteiger partial charge in [-0.3, -0.25) is 0 Å². The molecule has 0 radical (unpaired) electrons. The summed E-state index contributed by atoms with van der Waals surface area (Å²) in [7, 11) is -0.905. The second kappa shape index (κ2) is 6.96. The minimum Gasteiger partial charge on any atom is -0.495 e. The van der Waals surface area contributed by atoms with Crippen LogP contribution in [0.1, 0.15) is 10.4 Å². The molecule has 0 atom stereocenters. The van der Waals surface area contributed by atoms with E-state index in [1.807, 2.05) is 6.26 Å². The Balaban J connectivity index is 3.21. The summed E-state index contributed by atoms with van der Waals surface area (Å²) >= 11 is 1.54. The van der Waals surface area contributed by atoms with E-state index in [0.717, 1.165) is 0 Å². The summed E-state index contributed by atoms with van der Waals surface area (Å²) in [4.78, 5) is 10.9. The number of thioether (sulfide) groups is 1. The van der Waals surface area contributed by atoms with Gasteiger partial charge in [0.2, 0.25) is 10.0 Å². The number of aromatic carboxylic acids is 1. The van der Waals surface area contributed by atoms with Gasteiger partial charge in [-0.2, -0.15) is 16.1 Å². The number of ether oxygens (including phenoxy) is 1. The molecule has 0 amide bonds. The zero-order chi connectivity index (χ0) is 15.3. The number of hydrogen-bond donors (Lipinski definition) is 1. The van der Waals surface area contributed by atoms with Crippen LogP contribution in [-0.2, 0) is 10.0 Å². The van der Waals surface area contributed by atoms with Crippen LogP contribution in [0.25, 0.3) is 0 Å². The fourth-order valence-electron chi connectivity index (χ4n) is 1.52. The molecule has 0 aliphatic carbocycles. The Hall–Kier alpha value is -1.25. The standard InChI is InChI=1S/C12H17NO5S2/c1-13(6-7-19-3)20(16,17)11-5-4-9(12(14)15)8-10(11)18-2/h4-5,8H,6-7H2,1-3H3,(H,14,15). The maximum atomic E-state index is 12.4. The predicted octanol–water partition coefficient (Wildman–Crippen LogP) is 1.38. The number of sulfonamides is 1. The quantitative estimate of drug-likeness (QED) is 0.817. The van der Waals surface area contributed by atoms with Gasteiger partial charge >= 0.3 is 5.97 Å². The van der Waals surface area contributed by atoms with Gasteiger partial charge < -0.3 is 9.84 Å². The topological polar surface area (TPSA) is 83.9 Å². The zero-order valence-electron chi connectivity index (χ0n) is 11.5. The highest BCUT2D eigenvalue weighted by molar-refractivity contribution is 7.98. The largest absolute Gasteiger partial charge is 0.495 e. The second-order valence-electron chi connectivity index (χ2n) is 3.99. The van der Waals surface area contributed by atoms with Crippen molar-refractivity contribution in [3.8, 4) is 5.75 Å². The molecule has 0 saturated carbocycles. The van der Waals surface area contributed by atoms with E-state index in [4.69, 9.17) is 9.84 Å². The highest BCUT2D eigenvalue weighted by Crippen LogP contribution is 2.27. The summed E-state index contributed by atoms with van der Waals surface area (Å²) in [6.07, 6.45) is 1.89. The first kappa shape index (κ1) is 16.8. The summed E-state index contributed by atoms with van der Waals surface area (Å²) < 4.78 is 31.0. The van der Waals surface area contributed by atoms with Gasteiger partial charge in [0, 0.05) is 19.3 Å². The Labute approximate surface area is 122 Å². The third kappa shape index (κ3) is 3.65. The van der Waals surface area contributed by atoms with Crippen LogP contribution in [-0.4, -0.2) is 56.5 Å². The number of methoxy groups -OCH3 is 1. The van der Waals surface area contributed by atoms with Crippen molar-refractivity contribution < 1.29 is 23.1 Å². The van der Waals surface area contributed by atoms with Crippen LogP contribution in [0, 0.1) is 0 Å². The van der Waals surface area contributed by atoms with Crippen LogP contribution >= 0.6 is 11.8 Å². The number of hydrogen-bond acceptors (Lipinski definition) is 5. The molecule has 0 saturated heterocycles. The Bertz CT molecular complexity index is 586. The van der Waals surface area contributed by atoms with Crippen molar-refractivity contribution in [1.82, 2.24) is 4.31 Å². The molecule has 0 aliphatic heterocycles. The SMILES string of the molecule is COc1cc(C(=O)O)ccc1S(=O)(=O)N(C)CCSC. The minimum absolute atomic E-state index is 0.0208. The van der Waals surface area contributed by atoms with Crippen LogP contribution in [0.4, 0.5) is 0 Å². The Morgan fingerprint density at radius 2 is 2.10 bits per heavy atom. The van der Waals surface area contributed by atoms with Gasteiger partial charge in [-0.15, -0.1) is 0 Å². The number of rotatable bonds is 7. The van der Waals surface area contributed by atoms with Gasteiger partial charge in [0.15, 0.2) is 0 Å². The predicted molar refractivity (Wildman–Crippen MR) is 78.2 cm³/mol. The smallest absolute Gasteiger partial charge is 0.335 e. The summed E-state index contributed by atoms with van der Waals surface area (Å²) in [5.41, 5.74) is -0.0208. The van der Waals surface area contributed by atoms with Gasteiger partial charge in [0.05, 0.1) is 12.7 Å². The van der Waals surface area contributed by atoms with E-state index >= 15 is 0 Å². The molecule has 0 unspecified atom stereocenters. The molecule has 1 rings (SSSR count). The third-order valence-electron chi connectivity index (χ3n) is 2.71. The minimum atomic E-state index is -3.69. The second-order valence-corrected chi connectivity index (χ2v) is 6.99. The van der Waals surface area contributed by atoms with Gasteiger partial charge in [-0.25, -0.2) is 13.2 Å². The lowest BCUT2D eigenvalue weighted by Crippen LogP contribution is -2.29. The molecule has 0 spiro atoms. The van der Waals surface area contributed by atoms with E-state index in [-0.39, 0.29) is 16.2 Å². The number of carbonyl (C=O) groups is 1. The van der Waals surface area contributed by atoms with E-state index in [9.17, 15) is 13.2 Å². The Morgan fingerprint density at radius 3 is 2.60 bits per heavy atom. The molecule has 0 aliphatic rings. The Morgan fingerprint density at radius 1 is 1.45 bits per heavy atom. The fraction of sp³-hybridized carbons (Fsp3) is 0.417. The molecular formula is C12H17NO5S2. The third-order valence-corrected chi connectivity index (χ3v) is 5.20. The summed E-state index contributed by atoms with van der Waals surface area (Å²) in [5.74, 6) is -0.436. The lowest BCUT2D eigenvalue weighted by Gasteiger charge is -2.18. The van der Waals surface area contributed by atoms with Crippen LogP contribution in [0.2, 0.25) is 0 Å². The van der Waals surface area contributed by atoms with E-state index in [1.54, 1.807) is 11.8 Å². The van der Waals surface area contributed by atoms with E-state index in [0.29, 0.717) is 12.3 Å². The average molecular weight is 319 g/mol. The molecule has 0 bridgehead atoms. The summed E-state index contributed by atoms with van der Waals surface area (Å²) in [6, 6.07) is 3.71. The average Bonchev–Trinajstić information content (AvgIpc) is 2.43. The van der Waals surface area contributed by atoms with E-state index < -0.39 is 16.0 Å². The summed E-state index contributed by atoms with van der Waals surface area (Å²) in [5, 5.41) is 8.91. The van der Waals surface area contributed by atoms with Crippen molar-refractivity contribution in [2.75, 3.05) is 32.7 Å². The Kier molecular flexibility index (Phi) is 5.85. The van der Waals surface area contributed by atoms with Gasteiger partial charge in [0.1, 0.15) is 10.6 Å². The maximum absolute atomic E-state index is 12.4. The van der Waals surface area contributed by atoms with Crippen LogP contribution in [0.15, 0.2) is 23.1 Å². The molecule has 1 aromatic carbocycles. The number of carboxylic acid groups (broad SMARTS) is 1. The first-order chi connectivity index (χ1) is 9.34. The van der Waals surface area contributed by atoms with Crippen molar-refractivity contribution in [3.63, 3.8) is 0 Å². The zero-order valence-corrected chi connectivity index (χ0v) is 13.1. The lowest BCUT2D eigenvalue weighted by molar-refractivity contribution is 0.0696. The van der Waals surface area contributed by atoms with Crippen LogP contribution < -0.4 is 4.74 Å². The molecule has 112 valence electrons. The highest BCUT2D eigenvalue weighted by Gasteiger charge is 2.25. The first-order valence-electron chi connectivity index (χ1n) is 5.71. The maximum Gasteiger partial charge on any atom is 0.335 e. The molecule has 6 nitrogen and oxygen atoms in total. The van der Waals surface area contributed by atoms with Gasteiger partial charge in [-0.05, 0) is 24.5 Å². The molecule has 0 aromatic heterocycles. The van der Waals surface area contributed by atoms with Gasteiger partial charge in [-0.1, -0.05) is 0 Å². The molecule has 1 N–H and O–H groups in total. The monoisotopic (exact) mass is 319 g/mol. The van der Waals surface area contributed by atoms with Crippen LogP contribution in [0.5, 0.6) is 5.75 Å². The van der Waals surface area contributed by atoms with Crippen molar-refractivity contribution in [2.45, 2.75) is 4.90 Å². The molecular weight excluding hydrogens is 302 g/mol. The molecule has 1 aromatic rings. The van der Waals surface area contributed by atoms with Crippen molar-refractivity contribution >= 4 is 27.8 Å². The van der Waals surface area contributed by atoms with Crippen LogP contribution in [0.3, 0.4) is 0 Å².